The summed E-state index contributed by atoms with van der Waals surface area (Å²) in [4.78, 5) is 0. The second-order valence-electron chi connectivity index (χ2n) is 4.50. The van der Waals surface area contributed by atoms with Gasteiger partial charge in [0.25, 0.3) is 0 Å². The fraction of sp³-hybridized carbons (Fsp3) is 0.833. The van der Waals surface area contributed by atoms with Crippen molar-refractivity contribution < 1.29 is 5.11 Å². The van der Waals surface area contributed by atoms with Crippen molar-refractivity contribution in [3.8, 4) is 12.3 Å². The van der Waals surface area contributed by atoms with Gasteiger partial charge in [-0.2, -0.15) is 0 Å². The molecule has 0 heterocycles. The number of hydrogen-bond donors (Lipinski definition) is 1. The average molecular weight is 178 g/mol. The van der Waals surface area contributed by atoms with Gasteiger partial charge in [0.05, 0.1) is 6.10 Å². The Labute approximate surface area is 80.5 Å². The van der Waals surface area contributed by atoms with Crippen LogP contribution in [0.1, 0.15) is 38.5 Å². The highest BCUT2D eigenvalue weighted by molar-refractivity contribution is 5.03. The zero-order valence-corrected chi connectivity index (χ0v) is 8.08. The molecular weight excluding hydrogens is 160 g/mol. The maximum atomic E-state index is 9.86. The number of hydrogen-bond acceptors (Lipinski definition) is 1. The van der Waals surface area contributed by atoms with Gasteiger partial charge in [-0.1, -0.05) is 12.8 Å². The van der Waals surface area contributed by atoms with E-state index in [0.29, 0.717) is 5.92 Å². The molecular formula is C12H18O. The van der Waals surface area contributed by atoms with E-state index in [-0.39, 0.29) is 6.10 Å². The minimum Gasteiger partial charge on any atom is -0.393 e. The van der Waals surface area contributed by atoms with E-state index in [4.69, 9.17) is 6.42 Å². The quantitative estimate of drug-likeness (QED) is 0.657. The second-order valence-corrected chi connectivity index (χ2v) is 4.50. The van der Waals surface area contributed by atoms with Crippen molar-refractivity contribution in [1.82, 2.24) is 0 Å². The number of rotatable bonds is 3. The van der Waals surface area contributed by atoms with Crippen molar-refractivity contribution >= 4 is 0 Å². The minimum atomic E-state index is -0.107. The predicted octanol–water partition coefficient (Wildman–Crippen LogP) is 2.20. The molecule has 13 heavy (non-hydrogen) atoms. The molecule has 0 aromatic heterocycles. The molecule has 0 aliphatic heterocycles. The summed E-state index contributed by atoms with van der Waals surface area (Å²) in [7, 11) is 0. The molecule has 2 aliphatic rings. The standard InChI is InChI=1S/C12H18O/c1-2-3-8-11(13)12-9-6-4-5-7-10(9)12/h1,9-13H,3-8H2. The first-order valence-electron chi connectivity index (χ1n) is 5.46. The summed E-state index contributed by atoms with van der Waals surface area (Å²) in [5, 5.41) is 9.86. The Morgan fingerprint density at radius 3 is 2.46 bits per heavy atom. The summed E-state index contributed by atoms with van der Waals surface area (Å²) >= 11 is 0. The predicted molar refractivity (Wildman–Crippen MR) is 53.0 cm³/mol. The molecule has 0 amide bonds. The third-order valence-electron chi connectivity index (χ3n) is 3.75. The van der Waals surface area contributed by atoms with Gasteiger partial charge in [-0.15, -0.1) is 12.3 Å². The Balaban J connectivity index is 1.79. The van der Waals surface area contributed by atoms with Crippen molar-refractivity contribution in [2.75, 3.05) is 0 Å². The Kier molecular flexibility index (Phi) is 2.60. The van der Waals surface area contributed by atoms with E-state index < -0.39 is 0 Å². The summed E-state index contributed by atoms with van der Waals surface area (Å²) in [5.74, 6) is 4.91. The van der Waals surface area contributed by atoms with Gasteiger partial charge in [0.15, 0.2) is 0 Å². The Hall–Kier alpha value is -0.480. The minimum absolute atomic E-state index is 0.107. The van der Waals surface area contributed by atoms with Crippen LogP contribution < -0.4 is 0 Å². The van der Waals surface area contributed by atoms with E-state index >= 15 is 0 Å². The largest absolute Gasteiger partial charge is 0.393 e. The lowest BCUT2D eigenvalue weighted by Gasteiger charge is -2.07. The lowest BCUT2D eigenvalue weighted by molar-refractivity contribution is 0.132. The summed E-state index contributed by atoms with van der Waals surface area (Å²) in [6.45, 7) is 0. The van der Waals surface area contributed by atoms with E-state index in [2.05, 4.69) is 5.92 Å². The molecule has 1 heteroatoms. The van der Waals surface area contributed by atoms with Gasteiger partial charge < -0.3 is 5.11 Å². The highest BCUT2D eigenvalue weighted by Crippen LogP contribution is 2.57. The van der Waals surface area contributed by atoms with Crippen LogP contribution in [0.4, 0.5) is 0 Å². The Bertz CT molecular complexity index is 204. The molecule has 3 unspecified atom stereocenters. The molecule has 0 radical (unpaired) electrons. The molecule has 2 fully saturated rings. The van der Waals surface area contributed by atoms with E-state index in [1.54, 1.807) is 0 Å². The summed E-state index contributed by atoms with van der Waals surface area (Å²) in [6.07, 6.45) is 12.1. The molecule has 2 aliphatic carbocycles. The highest BCUT2D eigenvalue weighted by Gasteiger charge is 2.53. The lowest BCUT2D eigenvalue weighted by atomic mass is 10.0. The third kappa shape index (κ3) is 1.74. The molecule has 1 N–H and O–H groups in total. The highest BCUT2D eigenvalue weighted by atomic mass is 16.3. The van der Waals surface area contributed by atoms with E-state index in [9.17, 15) is 5.11 Å². The number of terminal acetylenes is 1. The van der Waals surface area contributed by atoms with Gasteiger partial charge in [0.2, 0.25) is 0 Å². The zero-order chi connectivity index (χ0) is 9.26. The average Bonchev–Trinajstić information content (AvgIpc) is 2.88. The molecule has 0 bridgehead atoms. The number of aliphatic hydroxyl groups is 1. The molecule has 2 saturated carbocycles. The topological polar surface area (TPSA) is 20.2 Å². The van der Waals surface area contributed by atoms with E-state index in [0.717, 1.165) is 24.7 Å². The van der Waals surface area contributed by atoms with Gasteiger partial charge in [0, 0.05) is 6.42 Å². The maximum absolute atomic E-state index is 9.86. The van der Waals surface area contributed by atoms with Gasteiger partial charge in [-0.05, 0) is 37.0 Å². The van der Waals surface area contributed by atoms with Gasteiger partial charge in [-0.3, -0.25) is 0 Å². The number of fused-ring (bicyclic) bond motifs is 1. The molecule has 0 aromatic carbocycles. The van der Waals surface area contributed by atoms with Crippen molar-refractivity contribution in [2.45, 2.75) is 44.6 Å². The van der Waals surface area contributed by atoms with Crippen molar-refractivity contribution in [2.24, 2.45) is 17.8 Å². The van der Waals surface area contributed by atoms with Crippen LogP contribution in [-0.2, 0) is 0 Å². The normalized spacial score (nSPS) is 38.9. The van der Waals surface area contributed by atoms with Crippen LogP contribution in [0.2, 0.25) is 0 Å². The van der Waals surface area contributed by atoms with Crippen LogP contribution in [-0.4, -0.2) is 11.2 Å². The molecule has 72 valence electrons. The molecule has 3 atom stereocenters. The van der Waals surface area contributed by atoms with Crippen LogP contribution in [0, 0.1) is 30.1 Å². The van der Waals surface area contributed by atoms with Gasteiger partial charge in [0.1, 0.15) is 0 Å². The van der Waals surface area contributed by atoms with Crippen molar-refractivity contribution in [1.29, 1.82) is 0 Å². The SMILES string of the molecule is C#CCCC(O)C1C2CCCCC21. The summed E-state index contributed by atoms with van der Waals surface area (Å²) < 4.78 is 0. The first-order valence-corrected chi connectivity index (χ1v) is 5.46. The van der Waals surface area contributed by atoms with Gasteiger partial charge in [-0.25, -0.2) is 0 Å². The first-order chi connectivity index (χ1) is 6.34. The molecule has 1 nitrogen and oxygen atoms in total. The van der Waals surface area contributed by atoms with Crippen molar-refractivity contribution in [3.05, 3.63) is 0 Å². The lowest BCUT2D eigenvalue weighted by Crippen LogP contribution is -2.10. The molecule has 0 aromatic rings. The summed E-state index contributed by atoms with van der Waals surface area (Å²) in [6, 6.07) is 0. The maximum Gasteiger partial charge on any atom is 0.0583 e. The molecule has 0 saturated heterocycles. The Morgan fingerprint density at radius 1 is 1.31 bits per heavy atom. The van der Waals surface area contributed by atoms with Gasteiger partial charge >= 0.3 is 0 Å². The van der Waals surface area contributed by atoms with Crippen LogP contribution in [0.5, 0.6) is 0 Å². The smallest absolute Gasteiger partial charge is 0.0583 e. The van der Waals surface area contributed by atoms with E-state index in [1.165, 1.54) is 25.7 Å². The molecule has 0 spiro atoms. The third-order valence-corrected chi connectivity index (χ3v) is 3.75. The fourth-order valence-corrected chi connectivity index (χ4v) is 3.04. The fourth-order valence-electron chi connectivity index (χ4n) is 3.04. The van der Waals surface area contributed by atoms with Crippen LogP contribution in [0.15, 0.2) is 0 Å². The number of aliphatic hydroxyl groups excluding tert-OH is 1. The van der Waals surface area contributed by atoms with Crippen molar-refractivity contribution in [3.63, 3.8) is 0 Å². The van der Waals surface area contributed by atoms with Crippen LogP contribution in [0.25, 0.3) is 0 Å². The monoisotopic (exact) mass is 178 g/mol. The van der Waals surface area contributed by atoms with E-state index in [1.807, 2.05) is 0 Å². The second kappa shape index (κ2) is 3.72. The zero-order valence-electron chi connectivity index (χ0n) is 8.08. The van der Waals surface area contributed by atoms with Crippen LogP contribution >= 0.6 is 0 Å². The first kappa shape index (κ1) is 9.09. The van der Waals surface area contributed by atoms with Crippen LogP contribution in [0.3, 0.4) is 0 Å². The summed E-state index contributed by atoms with van der Waals surface area (Å²) in [5.41, 5.74) is 0. The Morgan fingerprint density at radius 2 is 1.92 bits per heavy atom. The molecule has 2 rings (SSSR count).